The maximum absolute atomic E-state index is 13.0. The number of amides is 1. The number of nitrogens with zero attached hydrogens (tertiary/aromatic N) is 2. The molecule has 1 heterocycles. The third kappa shape index (κ3) is 5.98. The van der Waals surface area contributed by atoms with Crippen molar-refractivity contribution < 1.29 is 13.6 Å². The molecule has 23 heavy (non-hydrogen) atoms. The van der Waals surface area contributed by atoms with E-state index in [9.17, 15) is 13.6 Å². The summed E-state index contributed by atoms with van der Waals surface area (Å²) >= 11 is 0. The van der Waals surface area contributed by atoms with Gasteiger partial charge in [-0.2, -0.15) is 0 Å². The molecule has 0 unspecified atom stereocenters. The van der Waals surface area contributed by atoms with Gasteiger partial charge in [0.05, 0.1) is 0 Å². The summed E-state index contributed by atoms with van der Waals surface area (Å²) in [6.07, 6.45) is 4.64. The highest BCUT2D eigenvalue weighted by molar-refractivity contribution is 5.76. The molecule has 5 nitrogen and oxygen atoms in total. The third-order valence-electron chi connectivity index (χ3n) is 3.15. The lowest BCUT2D eigenvalue weighted by atomic mass is 10.1. The van der Waals surface area contributed by atoms with Gasteiger partial charge in [0, 0.05) is 31.9 Å². The highest BCUT2D eigenvalue weighted by Crippen LogP contribution is 2.10. The molecule has 122 valence electrons. The number of aromatic nitrogens is 2. The zero-order valence-electron chi connectivity index (χ0n) is 12.6. The number of anilines is 1. The second kappa shape index (κ2) is 8.77. The fourth-order valence-corrected chi connectivity index (χ4v) is 1.95. The monoisotopic (exact) mass is 320 g/mol. The first-order valence-electron chi connectivity index (χ1n) is 7.36. The maximum atomic E-state index is 13.0. The van der Waals surface area contributed by atoms with E-state index in [4.69, 9.17) is 0 Å². The Bertz CT molecular complexity index is 637. The lowest BCUT2D eigenvalue weighted by Gasteiger charge is -2.07. The normalized spacial score (nSPS) is 10.3. The fourth-order valence-electron chi connectivity index (χ4n) is 1.95. The lowest BCUT2D eigenvalue weighted by Crippen LogP contribution is -2.26. The van der Waals surface area contributed by atoms with Gasteiger partial charge in [-0.3, -0.25) is 4.79 Å². The van der Waals surface area contributed by atoms with Crippen molar-refractivity contribution in [3.05, 3.63) is 53.9 Å². The first kappa shape index (κ1) is 16.8. The summed E-state index contributed by atoms with van der Waals surface area (Å²) in [5, 5.41) is 5.81. The van der Waals surface area contributed by atoms with Crippen molar-refractivity contribution in [2.75, 3.05) is 18.4 Å². The largest absolute Gasteiger partial charge is 0.356 e. The van der Waals surface area contributed by atoms with E-state index in [2.05, 4.69) is 20.6 Å². The molecule has 0 radical (unpaired) electrons. The van der Waals surface area contributed by atoms with Crippen molar-refractivity contribution in [2.45, 2.75) is 19.3 Å². The van der Waals surface area contributed by atoms with E-state index in [1.165, 1.54) is 6.07 Å². The molecule has 2 N–H and O–H groups in total. The van der Waals surface area contributed by atoms with Gasteiger partial charge in [-0.1, -0.05) is 6.07 Å². The Morgan fingerprint density at radius 2 is 1.87 bits per heavy atom. The van der Waals surface area contributed by atoms with Crippen LogP contribution in [0.15, 0.2) is 36.7 Å². The minimum Gasteiger partial charge on any atom is -0.356 e. The van der Waals surface area contributed by atoms with E-state index in [1.54, 1.807) is 18.5 Å². The Kier molecular flexibility index (Phi) is 6.40. The Morgan fingerprint density at radius 3 is 2.61 bits per heavy atom. The van der Waals surface area contributed by atoms with E-state index in [1.807, 2.05) is 0 Å². The van der Waals surface area contributed by atoms with E-state index in [-0.39, 0.29) is 12.3 Å². The number of benzene rings is 1. The van der Waals surface area contributed by atoms with Gasteiger partial charge in [-0.15, -0.1) is 0 Å². The quantitative estimate of drug-likeness (QED) is 0.733. The van der Waals surface area contributed by atoms with Crippen LogP contribution in [0.5, 0.6) is 0 Å². The van der Waals surface area contributed by atoms with E-state index in [0.717, 1.165) is 18.6 Å². The van der Waals surface area contributed by atoms with Crippen LogP contribution in [0.4, 0.5) is 14.7 Å². The van der Waals surface area contributed by atoms with Crippen LogP contribution in [0, 0.1) is 11.6 Å². The first-order chi connectivity index (χ1) is 11.1. The molecule has 0 spiro atoms. The van der Waals surface area contributed by atoms with E-state index >= 15 is 0 Å². The van der Waals surface area contributed by atoms with Crippen LogP contribution in [0.3, 0.4) is 0 Å². The zero-order chi connectivity index (χ0) is 16.5. The van der Waals surface area contributed by atoms with Crippen LogP contribution in [0.25, 0.3) is 0 Å². The molecule has 0 aliphatic rings. The predicted octanol–water partition coefficient (Wildman–Crippen LogP) is 2.31. The molecule has 0 atom stereocenters. The molecule has 0 fully saturated rings. The van der Waals surface area contributed by atoms with E-state index in [0.29, 0.717) is 31.0 Å². The smallest absolute Gasteiger partial charge is 0.222 e. The molecule has 1 aromatic heterocycles. The second-order valence-corrected chi connectivity index (χ2v) is 4.95. The fraction of sp³-hybridized carbons (Fsp3) is 0.312. The van der Waals surface area contributed by atoms with Crippen molar-refractivity contribution in [1.29, 1.82) is 0 Å². The Balaban J connectivity index is 1.59. The molecule has 7 heteroatoms. The van der Waals surface area contributed by atoms with Gasteiger partial charge < -0.3 is 10.6 Å². The van der Waals surface area contributed by atoms with Gasteiger partial charge in [0.2, 0.25) is 11.9 Å². The minimum atomic E-state index is -0.892. The summed E-state index contributed by atoms with van der Waals surface area (Å²) in [5.74, 6) is -1.34. The van der Waals surface area contributed by atoms with Crippen LogP contribution in [0.2, 0.25) is 0 Å². The Hall–Kier alpha value is -2.57. The van der Waals surface area contributed by atoms with Gasteiger partial charge >= 0.3 is 0 Å². The molecule has 1 aromatic carbocycles. The van der Waals surface area contributed by atoms with Crippen LogP contribution < -0.4 is 10.6 Å². The van der Waals surface area contributed by atoms with Crippen molar-refractivity contribution in [3.63, 3.8) is 0 Å². The highest BCUT2D eigenvalue weighted by Gasteiger charge is 2.05. The molecule has 0 saturated carbocycles. The number of nitrogens with one attached hydrogen (secondary N) is 2. The van der Waals surface area contributed by atoms with Gasteiger partial charge in [0.1, 0.15) is 0 Å². The summed E-state index contributed by atoms with van der Waals surface area (Å²) in [7, 11) is 0. The standard InChI is InChI=1S/C16H18F2N4O/c17-13-5-3-12(11-14(13)18)4-6-15(23)19-7-1-8-20-16-21-9-2-10-22-16/h2-3,5,9-11H,1,4,6-8H2,(H,19,23)(H,20,21,22). The number of carbonyl (C=O) groups excluding carboxylic acids is 1. The van der Waals surface area contributed by atoms with Gasteiger partial charge in [0.25, 0.3) is 0 Å². The van der Waals surface area contributed by atoms with Crippen LogP contribution in [-0.4, -0.2) is 29.0 Å². The van der Waals surface area contributed by atoms with E-state index < -0.39 is 11.6 Å². The molecule has 0 bridgehead atoms. The minimum absolute atomic E-state index is 0.120. The molecule has 0 saturated heterocycles. The van der Waals surface area contributed by atoms with Gasteiger partial charge in [-0.25, -0.2) is 18.7 Å². The van der Waals surface area contributed by atoms with Crippen molar-refractivity contribution >= 4 is 11.9 Å². The van der Waals surface area contributed by atoms with Crippen molar-refractivity contribution in [1.82, 2.24) is 15.3 Å². The van der Waals surface area contributed by atoms with Gasteiger partial charge in [0.15, 0.2) is 11.6 Å². The van der Waals surface area contributed by atoms with Crippen LogP contribution >= 0.6 is 0 Å². The molecule has 2 rings (SSSR count). The number of halogens is 2. The molecular weight excluding hydrogens is 302 g/mol. The van der Waals surface area contributed by atoms with Gasteiger partial charge in [-0.05, 0) is 36.6 Å². The average Bonchev–Trinajstić information content (AvgIpc) is 2.56. The summed E-state index contributed by atoms with van der Waals surface area (Å²) in [5.41, 5.74) is 0.599. The Morgan fingerprint density at radius 1 is 1.09 bits per heavy atom. The molecular formula is C16H18F2N4O. The molecule has 0 aliphatic carbocycles. The SMILES string of the molecule is O=C(CCc1ccc(F)c(F)c1)NCCCNc1ncccn1. The summed E-state index contributed by atoms with van der Waals surface area (Å²) in [4.78, 5) is 19.7. The van der Waals surface area contributed by atoms with Crippen molar-refractivity contribution in [2.24, 2.45) is 0 Å². The summed E-state index contributed by atoms with van der Waals surface area (Å²) in [6.45, 7) is 1.17. The number of aryl methyl sites for hydroxylation is 1. The molecule has 1 amide bonds. The number of rotatable bonds is 8. The number of hydrogen-bond donors (Lipinski definition) is 2. The summed E-state index contributed by atoms with van der Waals surface area (Å²) < 4.78 is 25.8. The van der Waals surface area contributed by atoms with Crippen LogP contribution in [-0.2, 0) is 11.2 Å². The first-order valence-corrected chi connectivity index (χ1v) is 7.36. The summed E-state index contributed by atoms with van der Waals surface area (Å²) in [6, 6.07) is 5.40. The molecule has 2 aromatic rings. The lowest BCUT2D eigenvalue weighted by molar-refractivity contribution is -0.121. The van der Waals surface area contributed by atoms with Crippen molar-refractivity contribution in [3.8, 4) is 0 Å². The zero-order valence-corrected chi connectivity index (χ0v) is 12.6. The highest BCUT2D eigenvalue weighted by atomic mass is 19.2. The average molecular weight is 320 g/mol. The Labute approximate surface area is 133 Å². The maximum Gasteiger partial charge on any atom is 0.222 e. The number of carbonyl (C=O) groups is 1. The predicted molar refractivity (Wildman–Crippen MR) is 82.8 cm³/mol. The van der Waals surface area contributed by atoms with Crippen LogP contribution in [0.1, 0.15) is 18.4 Å². The molecule has 0 aliphatic heterocycles. The third-order valence-corrected chi connectivity index (χ3v) is 3.15. The number of hydrogen-bond acceptors (Lipinski definition) is 4. The second-order valence-electron chi connectivity index (χ2n) is 4.95. The topological polar surface area (TPSA) is 66.9 Å².